The van der Waals surface area contributed by atoms with Crippen molar-refractivity contribution >= 4 is 29.2 Å². The van der Waals surface area contributed by atoms with E-state index in [1.54, 1.807) is 57.4 Å². The van der Waals surface area contributed by atoms with Crippen LogP contribution >= 0.6 is 0 Å². The third-order valence-corrected chi connectivity index (χ3v) is 10.4. The van der Waals surface area contributed by atoms with Crippen LogP contribution in [0.25, 0.3) is 0 Å². The van der Waals surface area contributed by atoms with E-state index in [9.17, 15) is 29.4 Å². The number of aryl methyl sites for hydroxylation is 2. The molecule has 6 rings (SSSR count). The summed E-state index contributed by atoms with van der Waals surface area (Å²) >= 11 is 0. The Labute approximate surface area is 292 Å². The molecular formula is C39H44FN7O3. The number of amidine groups is 1. The molecule has 3 aliphatic rings. The zero-order valence-corrected chi connectivity index (χ0v) is 29.2. The van der Waals surface area contributed by atoms with E-state index < -0.39 is 17.3 Å². The maximum absolute atomic E-state index is 13.9. The molecule has 1 saturated carbocycles. The molecule has 3 N–H and O–H groups in total. The second-order valence-corrected chi connectivity index (χ2v) is 14.3. The predicted molar refractivity (Wildman–Crippen MR) is 190 cm³/mol. The number of fused-ring (bicyclic) bond motifs is 3. The van der Waals surface area contributed by atoms with Crippen LogP contribution in [0.3, 0.4) is 0 Å². The van der Waals surface area contributed by atoms with Crippen LogP contribution in [0.2, 0.25) is 0 Å². The van der Waals surface area contributed by atoms with Gasteiger partial charge in [-0.1, -0.05) is 12.1 Å². The fourth-order valence-electron chi connectivity index (χ4n) is 7.82. The fraction of sp³-hybridized carbons (Fsp3) is 0.410. The van der Waals surface area contributed by atoms with Gasteiger partial charge in [-0.2, -0.15) is 5.26 Å². The summed E-state index contributed by atoms with van der Waals surface area (Å²) < 4.78 is 13.9. The SMILES string of the molecule is C[C@@H](CC1(C(=N)Nc2ccc(F)cc2)c2ccc(C(=O)N(C)C)cc2CCc2cc(C(=O)N(C)C)ccc21)NCC(=O)N1C(C#N)C[C@@H]2C[C@@H]21. The summed E-state index contributed by atoms with van der Waals surface area (Å²) in [6.45, 7) is 2.02. The lowest BCUT2D eigenvalue weighted by atomic mass is 9.67. The van der Waals surface area contributed by atoms with Crippen LogP contribution in [0.5, 0.6) is 0 Å². The summed E-state index contributed by atoms with van der Waals surface area (Å²) in [5, 5.41) is 26.2. The number of nitrogens with zero attached hydrogens (tertiary/aromatic N) is 4. The van der Waals surface area contributed by atoms with Crippen LogP contribution in [0.1, 0.15) is 69.2 Å². The van der Waals surface area contributed by atoms with Crippen LogP contribution < -0.4 is 10.6 Å². The van der Waals surface area contributed by atoms with E-state index in [0.717, 1.165) is 35.1 Å². The van der Waals surface area contributed by atoms with Crippen molar-refractivity contribution in [2.24, 2.45) is 5.92 Å². The molecule has 1 unspecified atom stereocenters. The summed E-state index contributed by atoms with van der Waals surface area (Å²) in [4.78, 5) is 44.5. The van der Waals surface area contributed by atoms with E-state index in [-0.39, 0.29) is 42.2 Å². The van der Waals surface area contributed by atoms with Gasteiger partial charge in [0, 0.05) is 57.1 Å². The van der Waals surface area contributed by atoms with Gasteiger partial charge in [-0.3, -0.25) is 19.8 Å². The Morgan fingerprint density at radius 1 is 0.940 bits per heavy atom. The number of nitrogens with one attached hydrogen (secondary N) is 3. The molecule has 1 saturated heterocycles. The molecule has 0 spiro atoms. The number of piperidine rings is 1. The van der Waals surface area contributed by atoms with E-state index in [1.807, 2.05) is 31.2 Å². The zero-order valence-electron chi connectivity index (χ0n) is 29.2. The Balaban J connectivity index is 1.45. The van der Waals surface area contributed by atoms with Gasteiger partial charge >= 0.3 is 0 Å². The van der Waals surface area contributed by atoms with Gasteiger partial charge < -0.3 is 25.3 Å². The minimum absolute atomic E-state index is 0.0453. The third kappa shape index (κ3) is 6.48. The van der Waals surface area contributed by atoms with Crippen LogP contribution in [0, 0.1) is 28.5 Å². The maximum atomic E-state index is 13.9. The number of nitriles is 1. The van der Waals surface area contributed by atoms with E-state index >= 15 is 0 Å². The van der Waals surface area contributed by atoms with Gasteiger partial charge in [0.2, 0.25) is 5.91 Å². The van der Waals surface area contributed by atoms with Crippen LogP contribution in [0.15, 0.2) is 60.7 Å². The lowest BCUT2D eigenvalue weighted by Crippen LogP contribution is -2.49. The van der Waals surface area contributed by atoms with Gasteiger partial charge in [0.15, 0.2) is 0 Å². The first-order valence-electron chi connectivity index (χ1n) is 17.1. The molecule has 0 radical (unpaired) electrons. The van der Waals surface area contributed by atoms with Crippen molar-refractivity contribution in [3.63, 3.8) is 0 Å². The second kappa shape index (κ2) is 13.7. The number of hydrogen-bond acceptors (Lipinski definition) is 6. The molecule has 0 bridgehead atoms. The van der Waals surface area contributed by atoms with E-state index in [1.165, 1.54) is 21.9 Å². The van der Waals surface area contributed by atoms with Gasteiger partial charge in [-0.05, 0) is 116 Å². The Morgan fingerprint density at radius 3 is 2.02 bits per heavy atom. The summed E-state index contributed by atoms with van der Waals surface area (Å²) in [5.41, 5.74) is 3.94. The van der Waals surface area contributed by atoms with E-state index in [4.69, 9.17) is 0 Å². The van der Waals surface area contributed by atoms with Gasteiger partial charge in [0.1, 0.15) is 17.7 Å². The van der Waals surface area contributed by atoms with Crippen molar-refractivity contribution in [3.8, 4) is 6.07 Å². The minimum Gasteiger partial charge on any atom is -0.345 e. The van der Waals surface area contributed by atoms with Crippen molar-refractivity contribution in [2.75, 3.05) is 40.1 Å². The molecule has 2 fully saturated rings. The Morgan fingerprint density at radius 2 is 1.50 bits per heavy atom. The van der Waals surface area contributed by atoms with Crippen LogP contribution in [-0.2, 0) is 23.1 Å². The largest absolute Gasteiger partial charge is 0.345 e. The quantitative estimate of drug-likeness (QED) is 0.224. The van der Waals surface area contributed by atoms with Gasteiger partial charge in [0.05, 0.1) is 18.0 Å². The summed E-state index contributed by atoms with van der Waals surface area (Å²) in [7, 11) is 6.83. The summed E-state index contributed by atoms with van der Waals surface area (Å²) in [6.07, 6.45) is 3.13. The first kappa shape index (κ1) is 34.8. The predicted octanol–water partition coefficient (Wildman–Crippen LogP) is 4.58. The fourth-order valence-corrected chi connectivity index (χ4v) is 7.82. The number of benzene rings is 3. The molecular weight excluding hydrogens is 633 g/mol. The average molecular weight is 678 g/mol. The monoisotopic (exact) mass is 677 g/mol. The van der Waals surface area contributed by atoms with Crippen molar-refractivity contribution in [1.82, 2.24) is 20.0 Å². The van der Waals surface area contributed by atoms with Crippen molar-refractivity contribution in [1.29, 1.82) is 10.7 Å². The van der Waals surface area contributed by atoms with Gasteiger partial charge in [-0.25, -0.2) is 4.39 Å². The number of rotatable bonds is 9. The number of likely N-dealkylation sites (tertiary alicyclic amines) is 1. The molecule has 10 nitrogen and oxygen atoms in total. The third-order valence-electron chi connectivity index (χ3n) is 10.4. The van der Waals surface area contributed by atoms with Crippen molar-refractivity contribution in [3.05, 3.63) is 99.9 Å². The number of halogens is 1. The molecule has 11 heteroatoms. The highest BCUT2D eigenvalue weighted by molar-refractivity contribution is 6.05. The standard InChI is InChI=1S/C39H44FN7O3/c1-23(43-22-35(48)47-31(21-41)18-28-19-34(28)47)20-39(38(42)44-30-12-10-29(40)11-13-30)32-14-8-26(36(49)45(2)3)16-24(32)6-7-25-17-27(9-15-33(25)39)37(50)46(4)5/h8-17,23,28,31,34,43H,6-7,18-20,22H2,1-5H3,(H2,42,44)/t23-,28+,31?,34-/m0/s1. The number of amides is 3. The lowest BCUT2D eigenvalue weighted by molar-refractivity contribution is -0.131. The molecule has 260 valence electrons. The first-order chi connectivity index (χ1) is 23.8. The highest BCUT2D eigenvalue weighted by atomic mass is 19.1. The smallest absolute Gasteiger partial charge is 0.253 e. The molecule has 3 aromatic carbocycles. The summed E-state index contributed by atoms with van der Waals surface area (Å²) in [6, 6.07) is 18.8. The van der Waals surface area contributed by atoms with E-state index in [0.29, 0.717) is 42.0 Å². The molecule has 50 heavy (non-hydrogen) atoms. The number of carbonyl (C=O) groups is 3. The Bertz CT molecular complexity index is 1810. The molecule has 1 heterocycles. The number of hydrogen-bond donors (Lipinski definition) is 3. The normalized spacial score (nSPS) is 20.3. The van der Waals surface area contributed by atoms with Crippen molar-refractivity contribution in [2.45, 2.75) is 62.6 Å². The topological polar surface area (TPSA) is 133 Å². The van der Waals surface area contributed by atoms with Gasteiger partial charge in [0.25, 0.3) is 11.8 Å². The first-order valence-corrected chi connectivity index (χ1v) is 17.1. The van der Waals surface area contributed by atoms with Crippen LogP contribution in [-0.4, -0.2) is 91.1 Å². The molecule has 3 aromatic rings. The summed E-state index contributed by atoms with van der Waals surface area (Å²) in [5.74, 6) is -0.228. The lowest BCUT2D eigenvalue weighted by Gasteiger charge is -2.40. The average Bonchev–Trinajstić information content (AvgIpc) is 3.79. The van der Waals surface area contributed by atoms with E-state index in [2.05, 4.69) is 16.7 Å². The Hall–Kier alpha value is -5.08. The van der Waals surface area contributed by atoms with Gasteiger partial charge in [-0.15, -0.1) is 0 Å². The number of carbonyl (C=O) groups excluding carboxylic acids is 3. The maximum Gasteiger partial charge on any atom is 0.253 e. The molecule has 4 atom stereocenters. The molecule has 2 aliphatic carbocycles. The molecule has 0 aromatic heterocycles. The molecule has 1 aliphatic heterocycles. The van der Waals surface area contributed by atoms with Crippen molar-refractivity contribution < 1.29 is 18.8 Å². The zero-order chi connectivity index (χ0) is 35.9. The van der Waals surface area contributed by atoms with Crippen LogP contribution in [0.4, 0.5) is 10.1 Å². The Kier molecular flexibility index (Phi) is 9.51. The highest BCUT2D eigenvalue weighted by Gasteiger charge is 2.54. The minimum atomic E-state index is -1.13. The number of anilines is 1. The highest BCUT2D eigenvalue weighted by Crippen LogP contribution is 2.48. The molecule has 3 amide bonds. The second-order valence-electron chi connectivity index (χ2n) is 14.3.